The first-order chi connectivity index (χ1) is 25.5. The standard InChI is InChI=1S/C40H40Br2F4N4O3/c41-30-6-9-37-33(21-30)34-22-31(42)7-10-38(34)50(37)25-32(52)24-49-16-14-48(15-17-49)13-2-1-3-27-5-11-39(29(19-27)23-47-12-18-51)53-26-28-4-8-36(43)35(20-28)40(44,45)46/h4-11,19-22,32,47,51-52H,2,12-18,23-26H2. The van der Waals surface area contributed by atoms with E-state index in [0.29, 0.717) is 38.3 Å². The summed E-state index contributed by atoms with van der Waals surface area (Å²) in [6, 6.07) is 20.7. The van der Waals surface area contributed by atoms with Gasteiger partial charge in [-0.15, -0.1) is 0 Å². The fourth-order valence-corrected chi connectivity index (χ4v) is 7.39. The number of rotatable bonds is 13. The summed E-state index contributed by atoms with van der Waals surface area (Å²) in [5.41, 5.74) is 2.55. The lowest BCUT2D eigenvalue weighted by atomic mass is 10.1. The third-order valence-electron chi connectivity index (χ3n) is 9.30. The molecule has 0 saturated carbocycles. The zero-order valence-electron chi connectivity index (χ0n) is 28.9. The summed E-state index contributed by atoms with van der Waals surface area (Å²) in [6.45, 7) is 5.89. The van der Waals surface area contributed by atoms with E-state index in [-0.39, 0.29) is 18.8 Å². The molecule has 0 spiro atoms. The number of aromatic nitrogens is 1. The fraction of sp³-hybridized carbons (Fsp3) is 0.350. The van der Waals surface area contributed by atoms with Crippen molar-refractivity contribution in [2.45, 2.75) is 38.4 Å². The van der Waals surface area contributed by atoms with Crippen LogP contribution in [0, 0.1) is 17.7 Å². The second-order valence-electron chi connectivity index (χ2n) is 13.1. The number of aliphatic hydroxyl groups is 2. The maximum absolute atomic E-state index is 13.7. The molecule has 1 fully saturated rings. The van der Waals surface area contributed by atoms with Crippen molar-refractivity contribution in [2.24, 2.45) is 0 Å². The molecule has 7 nitrogen and oxygen atoms in total. The Balaban J connectivity index is 0.997. The highest BCUT2D eigenvalue weighted by molar-refractivity contribution is 9.10. The van der Waals surface area contributed by atoms with Gasteiger partial charge in [0.05, 0.1) is 24.8 Å². The zero-order valence-corrected chi connectivity index (χ0v) is 32.1. The zero-order chi connectivity index (χ0) is 37.5. The van der Waals surface area contributed by atoms with Crippen LogP contribution >= 0.6 is 31.9 Å². The molecule has 0 aliphatic carbocycles. The Morgan fingerprint density at radius 3 is 2.19 bits per heavy atom. The van der Waals surface area contributed by atoms with Gasteiger partial charge in [-0.25, -0.2) is 4.39 Å². The van der Waals surface area contributed by atoms with Crippen LogP contribution in [0.2, 0.25) is 0 Å². The maximum Gasteiger partial charge on any atom is 0.419 e. The van der Waals surface area contributed by atoms with Crippen LogP contribution in [-0.4, -0.2) is 83.1 Å². The highest BCUT2D eigenvalue weighted by Crippen LogP contribution is 2.34. The Morgan fingerprint density at radius 2 is 1.53 bits per heavy atom. The molecule has 5 aromatic rings. The number of benzene rings is 4. The number of aliphatic hydroxyl groups excluding tert-OH is 2. The van der Waals surface area contributed by atoms with Gasteiger partial charge in [0.1, 0.15) is 18.2 Å². The largest absolute Gasteiger partial charge is 0.489 e. The average molecular weight is 861 g/mol. The van der Waals surface area contributed by atoms with Crippen LogP contribution in [0.25, 0.3) is 21.8 Å². The lowest BCUT2D eigenvalue weighted by Crippen LogP contribution is -2.49. The quantitative estimate of drug-likeness (QED) is 0.0646. The molecule has 3 N–H and O–H groups in total. The van der Waals surface area contributed by atoms with Gasteiger partial charge in [0, 0.05) is 101 Å². The maximum atomic E-state index is 13.7. The van der Waals surface area contributed by atoms with Crippen LogP contribution in [0.1, 0.15) is 28.7 Å². The molecule has 4 aromatic carbocycles. The summed E-state index contributed by atoms with van der Waals surface area (Å²) in [7, 11) is 0. The molecule has 1 saturated heterocycles. The summed E-state index contributed by atoms with van der Waals surface area (Å²) in [5, 5.41) is 25.8. The molecule has 1 aromatic heterocycles. The highest BCUT2D eigenvalue weighted by atomic mass is 79.9. The van der Waals surface area contributed by atoms with Crippen molar-refractivity contribution >= 4 is 53.7 Å². The van der Waals surface area contributed by atoms with Crippen LogP contribution in [0.3, 0.4) is 0 Å². The van der Waals surface area contributed by atoms with Crippen LogP contribution in [0.4, 0.5) is 17.6 Å². The summed E-state index contributed by atoms with van der Waals surface area (Å²) in [4.78, 5) is 4.69. The number of alkyl halides is 3. The van der Waals surface area contributed by atoms with Crippen molar-refractivity contribution < 1.29 is 32.5 Å². The van der Waals surface area contributed by atoms with Crippen molar-refractivity contribution in [3.63, 3.8) is 0 Å². The van der Waals surface area contributed by atoms with Crippen molar-refractivity contribution in [1.29, 1.82) is 0 Å². The van der Waals surface area contributed by atoms with Gasteiger partial charge >= 0.3 is 6.18 Å². The molecule has 0 amide bonds. The van der Waals surface area contributed by atoms with E-state index >= 15 is 0 Å². The van der Waals surface area contributed by atoms with Gasteiger partial charge in [-0.1, -0.05) is 49.8 Å². The Bertz CT molecular complexity index is 2050. The highest BCUT2D eigenvalue weighted by Gasteiger charge is 2.34. The summed E-state index contributed by atoms with van der Waals surface area (Å²) in [6.07, 6.45) is -4.65. The number of hydrogen-bond donors (Lipinski definition) is 3. The average Bonchev–Trinajstić information content (AvgIpc) is 3.41. The third kappa shape index (κ3) is 10.2. The van der Waals surface area contributed by atoms with E-state index in [1.54, 1.807) is 12.1 Å². The van der Waals surface area contributed by atoms with E-state index in [0.717, 1.165) is 86.7 Å². The van der Waals surface area contributed by atoms with Crippen LogP contribution in [-0.2, 0) is 25.9 Å². The van der Waals surface area contributed by atoms with E-state index < -0.39 is 23.7 Å². The molecule has 13 heteroatoms. The van der Waals surface area contributed by atoms with Gasteiger partial charge < -0.3 is 24.8 Å². The van der Waals surface area contributed by atoms with Gasteiger partial charge in [0.15, 0.2) is 0 Å². The van der Waals surface area contributed by atoms with E-state index in [1.807, 2.05) is 18.2 Å². The Labute approximate surface area is 322 Å². The lowest BCUT2D eigenvalue weighted by molar-refractivity contribution is -0.140. The lowest BCUT2D eigenvalue weighted by Gasteiger charge is -2.35. The molecule has 53 heavy (non-hydrogen) atoms. The molecule has 1 unspecified atom stereocenters. The molecule has 280 valence electrons. The minimum atomic E-state index is -4.80. The third-order valence-corrected chi connectivity index (χ3v) is 10.3. The number of hydrogen-bond acceptors (Lipinski definition) is 6. The summed E-state index contributed by atoms with van der Waals surface area (Å²) >= 11 is 7.20. The molecular formula is C40H40Br2F4N4O3. The fourth-order valence-electron chi connectivity index (χ4n) is 6.66. The van der Waals surface area contributed by atoms with E-state index in [2.05, 4.69) is 87.6 Å². The minimum absolute atomic E-state index is 0.0557. The van der Waals surface area contributed by atoms with E-state index in [1.165, 1.54) is 6.07 Å². The number of nitrogens with zero attached hydrogens (tertiary/aromatic N) is 3. The van der Waals surface area contributed by atoms with Crippen molar-refractivity contribution in [1.82, 2.24) is 19.7 Å². The van der Waals surface area contributed by atoms with Gasteiger partial charge in [-0.3, -0.25) is 9.80 Å². The topological polar surface area (TPSA) is 73.1 Å². The Hall–Kier alpha value is -3.48. The second kappa shape index (κ2) is 17.8. The molecule has 1 aliphatic heterocycles. The Kier molecular flexibility index (Phi) is 13.2. The Morgan fingerprint density at radius 1 is 0.849 bits per heavy atom. The van der Waals surface area contributed by atoms with Crippen molar-refractivity contribution in [2.75, 3.05) is 52.4 Å². The van der Waals surface area contributed by atoms with Gasteiger partial charge in [0.25, 0.3) is 0 Å². The minimum Gasteiger partial charge on any atom is -0.489 e. The monoisotopic (exact) mass is 858 g/mol. The molecular weight excluding hydrogens is 820 g/mol. The first kappa shape index (κ1) is 39.2. The first-order valence-electron chi connectivity index (χ1n) is 17.4. The molecule has 2 heterocycles. The van der Waals surface area contributed by atoms with Gasteiger partial charge in [0.2, 0.25) is 0 Å². The SMILES string of the molecule is OCCNCc1cc(C#CCCN2CCN(CC(O)Cn3c4ccc(Br)cc4c4cc(Br)ccc43)CC2)ccc1OCc1ccc(F)c(C(F)(F)F)c1. The van der Waals surface area contributed by atoms with Crippen LogP contribution in [0.5, 0.6) is 5.75 Å². The number of halogens is 6. The van der Waals surface area contributed by atoms with E-state index in [4.69, 9.17) is 4.74 Å². The number of piperazine rings is 1. The predicted octanol–water partition coefficient (Wildman–Crippen LogP) is 7.56. The van der Waals surface area contributed by atoms with Gasteiger partial charge in [-0.2, -0.15) is 13.2 Å². The van der Waals surface area contributed by atoms with Crippen LogP contribution in [0.15, 0.2) is 81.7 Å². The van der Waals surface area contributed by atoms with Gasteiger partial charge in [-0.05, 0) is 72.3 Å². The normalized spacial score (nSPS) is 14.8. The second-order valence-corrected chi connectivity index (χ2v) is 14.9. The number of β-amino-alcohol motifs (C(OH)–C–C–N with tert-alkyl or cyclic N) is 1. The van der Waals surface area contributed by atoms with Crippen molar-refractivity contribution in [3.8, 4) is 17.6 Å². The molecule has 6 rings (SSSR count). The predicted molar refractivity (Wildman–Crippen MR) is 206 cm³/mol. The summed E-state index contributed by atoms with van der Waals surface area (Å²) < 4.78 is 63.3. The van der Waals surface area contributed by atoms with Crippen molar-refractivity contribution in [3.05, 3.63) is 110 Å². The molecule has 1 atom stereocenters. The van der Waals surface area contributed by atoms with Crippen LogP contribution < -0.4 is 10.1 Å². The number of fused-ring (bicyclic) bond motifs is 3. The smallest absolute Gasteiger partial charge is 0.419 e. The first-order valence-corrected chi connectivity index (χ1v) is 19.0. The number of nitrogens with one attached hydrogen (secondary N) is 1. The number of ether oxygens (including phenoxy) is 1. The molecule has 1 aliphatic rings. The van der Waals surface area contributed by atoms with E-state index in [9.17, 15) is 27.8 Å². The molecule has 0 radical (unpaired) electrons. The molecule has 0 bridgehead atoms. The summed E-state index contributed by atoms with van der Waals surface area (Å²) in [5.74, 6) is 5.59.